The lowest BCUT2D eigenvalue weighted by molar-refractivity contribution is -0.257. The van der Waals surface area contributed by atoms with Crippen molar-refractivity contribution in [1.82, 2.24) is 0 Å². The van der Waals surface area contributed by atoms with Crippen LogP contribution in [0.5, 0.6) is 0 Å². The molecule has 0 saturated heterocycles. The van der Waals surface area contributed by atoms with E-state index < -0.39 is 0 Å². The van der Waals surface area contributed by atoms with Gasteiger partial charge in [-0.1, -0.05) is 32.1 Å². The number of rotatable bonds is 0. The highest BCUT2D eigenvalue weighted by atomic mass is 17.3. The molecular formula is C11H20N2O2. The van der Waals surface area contributed by atoms with E-state index in [-0.39, 0.29) is 0 Å². The first-order valence-corrected chi connectivity index (χ1v) is 5.84. The minimum atomic E-state index is 0.729. The van der Waals surface area contributed by atoms with Crippen LogP contribution >= 0.6 is 0 Å². The Hall–Kier alpha value is -1.06. The van der Waals surface area contributed by atoms with Gasteiger partial charge in [-0.2, -0.15) is 0 Å². The van der Waals surface area contributed by atoms with Gasteiger partial charge in [-0.15, -0.1) is 10.1 Å². The summed E-state index contributed by atoms with van der Waals surface area (Å²) >= 11 is 0. The summed E-state index contributed by atoms with van der Waals surface area (Å²) in [5.41, 5.74) is 0. The van der Waals surface area contributed by atoms with Crippen molar-refractivity contribution in [2.24, 2.45) is 10.4 Å². The second-order valence-corrected chi connectivity index (χ2v) is 3.75. The summed E-state index contributed by atoms with van der Waals surface area (Å²) < 4.78 is 0. The summed E-state index contributed by atoms with van der Waals surface area (Å²) in [5, 5.41) is 7.26. The zero-order valence-electron chi connectivity index (χ0n) is 9.23. The monoisotopic (exact) mass is 212 g/mol. The summed E-state index contributed by atoms with van der Waals surface area (Å²) in [7, 11) is 0. The van der Waals surface area contributed by atoms with Gasteiger partial charge in [-0.25, -0.2) is 0 Å². The van der Waals surface area contributed by atoms with Gasteiger partial charge in [0.05, 0.1) is 11.8 Å². The van der Waals surface area contributed by atoms with E-state index in [9.17, 15) is 0 Å². The van der Waals surface area contributed by atoms with Gasteiger partial charge in [0.25, 0.3) is 0 Å². The third-order valence-electron chi connectivity index (χ3n) is 2.41. The molecule has 1 rings (SSSR count). The van der Waals surface area contributed by atoms with Gasteiger partial charge < -0.3 is 0 Å². The Morgan fingerprint density at radius 2 is 1.60 bits per heavy atom. The SMILES string of the molecule is C1=C\OO/N=N/CCCCCCCCC/1. The summed E-state index contributed by atoms with van der Waals surface area (Å²) in [6.45, 7) is 0.729. The van der Waals surface area contributed by atoms with Gasteiger partial charge in [-0.3, -0.25) is 4.89 Å². The smallest absolute Gasteiger partial charge is 0.141 e. The van der Waals surface area contributed by atoms with E-state index in [0.29, 0.717) is 0 Å². The Labute approximate surface area is 91.3 Å². The van der Waals surface area contributed by atoms with Crippen LogP contribution in [0.25, 0.3) is 0 Å². The Bertz CT molecular complexity index is 173. The third kappa shape index (κ3) is 7.97. The molecule has 0 spiro atoms. The molecule has 1 aliphatic rings. The Balaban J connectivity index is 2.15. The van der Waals surface area contributed by atoms with Crippen LogP contribution in [-0.2, 0) is 9.88 Å². The molecule has 0 saturated carbocycles. The van der Waals surface area contributed by atoms with Crippen molar-refractivity contribution >= 4 is 0 Å². The molecule has 0 radical (unpaired) electrons. The average Bonchev–Trinajstić information content (AvgIpc) is 2.27. The van der Waals surface area contributed by atoms with Crippen LogP contribution < -0.4 is 0 Å². The third-order valence-corrected chi connectivity index (χ3v) is 2.41. The van der Waals surface area contributed by atoms with Crippen molar-refractivity contribution < 1.29 is 9.88 Å². The van der Waals surface area contributed by atoms with Crippen LogP contribution in [0.4, 0.5) is 0 Å². The standard InChI is InChI=1S/C11H20N2O2/c1-2-4-6-8-10-12-13-15-14-11-9-7-5-3-1/h9,11H,1-8,10H2/b11-9-,13-12+. The minimum Gasteiger partial charge on any atom is -0.274 e. The lowest BCUT2D eigenvalue weighted by atomic mass is 10.1. The van der Waals surface area contributed by atoms with Gasteiger partial charge in [-0.05, 0) is 25.3 Å². The first kappa shape index (κ1) is 12.0. The number of allylic oxidation sites excluding steroid dienone is 1. The fraction of sp³-hybridized carbons (Fsp3) is 0.818. The van der Waals surface area contributed by atoms with Crippen LogP contribution in [0.15, 0.2) is 22.7 Å². The van der Waals surface area contributed by atoms with Crippen molar-refractivity contribution in [3.8, 4) is 0 Å². The Morgan fingerprint density at radius 3 is 2.47 bits per heavy atom. The Morgan fingerprint density at radius 1 is 0.867 bits per heavy atom. The van der Waals surface area contributed by atoms with Gasteiger partial charge in [0.1, 0.15) is 6.26 Å². The highest BCUT2D eigenvalue weighted by Gasteiger charge is 1.92. The molecule has 4 nitrogen and oxygen atoms in total. The molecule has 0 aliphatic carbocycles. The summed E-state index contributed by atoms with van der Waals surface area (Å²) in [4.78, 5) is 9.15. The zero-order valence-corrected chi connectivity index (χ0v) is 9.23. The quantitative estimate of drug-likeness (QED) is 0.570. The molecule has 1 heterocycles. The lowest BCUT2D eigenvalue weighted by Gasteiger charge is -1.99. The average molecular weight is 212 g/mol. The molecule has 0 aromatic rings. The number of nitrogens with zero attached hydrogens (tertiary/aromatic N) is 2. The molecule has 0 atom stereocenters. The second-order valence-electron chi connectivity index (χ2n) is 3.75. The van der Waals surface area contributed by atoms with Gasteiger partial charge in [0, 0.05) is 0 Å². The van der Waals surface area contributed by atoms with E-state index in [4.69, 9.17) is 0 Å². The van der Waals surface area contributed by atoms with Crippen LogP contribution in [-0.4, -0.2) is 6.54 Å². The molecule has 0 amide bonds. The molecule has 0 N–H and O–H groups in total. The van der Waals surface area contributed by atoms with E-state index in [1.165, 1.54) is 44.8 Å². The van der Waals surface area contributed by atoms with Crippen LogP contribution in [0.2, 0.25) is 0 Å². The predicted octanol–water partition coefficient (Wildman–Crippen LogP) is 3.95. The maximum atomic E-state index is 4.67. The fourth-order valence-corrected chi connectivity index (χ4v) is 1.54. The van der Waals surface area contributed by atoms with Crippen molar-refractivity contribution in [3.05, 3.63) is 12.3 Å². The maximum absolute atomic E-state index is 4.67. The van der Waals surface area contributed by atoms with Crippen molar-refractivity contribution in [1.29, 1.82) is 0 Å². The summed E-state index contributed by atoms with van der Waals surface area (Å²) in [5.74, 6) is 0. The topological polar surface area (TPSA) is 43.2 Å². The van der Waals surface area contributed by atoms with Gasteiger partial charge in [0.2, 0.25) is 0 Å². The van der Waals surface area contributed by atoms with Crippen LogP contribution in [0.1, 0.15) is 51.4 Å². The van der Waals surface area contributed by atoms with Crippen molar-refractivity contribution in [2.75, 3.05) is 6.54 Å². The van der Waals surface area contributed by atoms with E-state index in [1.54, 1.807) is 0 Å². The van der Waals surface area contributed by atoms with Crippen LogP contribution in [0.3, 0.4) is 0 Å². The van der Waals surface area contributed by atoms with Crippen molar-refractivity contribution in [3.63, 3.8) is 0 Å². The van der Waals surface area contributed by atoms with E-state index in [0.717, 1.165) is 19.4 Å². The first-order chi connectivity index (χ1) is 7.50. The molecule has 0 aromatic carbocycles. The molecule has 0 unspecified atom stereocenters. The first-order valence-electron chi connectivity index (χ1n) is 5.84. The summed E-state index contributed by atoms with van der Waals surface area (Å²) in [6, 6.07) is 0. The molecule has 4 heteroatoms. The highest BCUT2D eigenvalue weighted by Crippen LogP contribution is 2.09. The maximum Gasteiger partial charge on any atom is 0.141 e. The van der Waals surface area contributed by atoms with Crippen LogP contribution in [0, 0.1) is 0 Å². The molecule has 0 aromatic heterocycles. The number of hydrogen-bond donors (Lipinski definition) is 0. The largest absolute Gasteiger partial charge is 0.274 e. The molecular weight excluding hydrogens is 192 g/mol. The molecule has 0 fully saturated rings. The molecule has 1 aliphatic heterocycles. The second kappa shape index (κ2) is 9.49. The lowest BCUT2D eigenvalue weighted by Crippen LogP contribution is -1.83. The van der Waals surface area contributed by atoms with E-state index in [1.807, 2.05) is 6.08 Å². The van der Waals surface area contributed by atoms with E-state index in [2.05, 4.69) is 20.3 Å². The highest BCUT2D eigenvalue weighted by molar-refractivity contribution is 4.71. The summed E-state index contributed by atoms with van der Waals surface area (Å²) in [6.07, 6.45) is 13.4. The minimum absolute atomic E-state index is 0.729. The number of hydrogen-bond acceptors (Lipinski definition) is 4. The molecule has 15 heavy (non-hydrogen) atoms. The van der Waals surface area contributed by atoms with Gasteiger partial charge in [0.15, 0.2) is 0 Å². The zero-order chi connectivity index (χ0) is 10.6. The fourth-order valence-electron chi connectivity index (χ4n) is 1.54. The predicted molar refractivity (Wildman–Crippen MR) is 58.0 cm³/mol. The molecule has 86 valence electrons. The Kier molecular flexibility index (Phi) is 7.60. The van der Waals surface area contributed by atoms with E-state index >= 15 is 0 Å². The van der Waals surface area contributed by atoms with Gasteiger partial charge >= 0.3 is 0 Å². The van der Waals surface area contributed by atoms with Crippen molar-refractivity contribution in [2.45, 2.75) is 51.4 Å². The molecule has 0 bridgehead atoms. The normalized spacial score (nSPS) is 25.1.